The number of benzene rings is 2. The highest BCUT2D eigenvalue weighted by atomic mass is 79.9. The number of hydrogen-bond acceptors (Lipinski definition) is 2. The molecule has 2 heterocycles. The quantitative estimate of drug-likeness (QED) is 0.707. The molecule has 1 N–H and O–H groups in total. The number of nitrogens with zero attached hydrogens (tertiary/aromatic N) is 1. The van der Waals surface area contributed by atoms with Crippen molar-refractivity contribution in [1.29, 1.82) is 0 Å². The lowest BCUT2D eigenvalue weighted by atomic mass is 10.1. The van der Waals surface area contributed by atoms with Gasteiger partial charge in [-0.25, -0.2) is 8.42 Å². The van der Waals surface area contributed by atoms with Crippen LogP contribution in [0.2, 0.25) is 0 Å². The van der Waals surface area contributed by atoms with Crippen LogP contribution >= 0.6 is 15.9 Å². The number of halogens is 1. The molecule has 4 rings (SSSR count). The van der Waals surface area contributed by atoms with Crippen molar-refractivity contribution in [1.82, 2.24) is 9.29 Å². The van der Waals surface area contributed by atoms with Gasteiger partial charge in [-0.3, -0.25) is 0 Å². The fourth-order valence-electron chi connectivity index (χ4n) is 3.34. The van der Waals surface area contributed by atoms with Gasteiger partial charge in [-0.15, -0.1) is 0 Å². The Morgan fingerprint density at radius 1 is 0.958 bits per heavy atom. The van der Waals surface area contributed by atoms with E-state index in [1.165, 1.54) is 10.9 Å². The molecule has 2 aromatic carbocycles. The normalized spacial score (nSPS) is 16.0. The van der Waals surface area contributed by atoms with Crippen LogP contribution in [-0.4, -0.2) is 30.8 Å². The van der Waals surface area contributed by atoms with Crippen molar-refractivity contribution in [2.45, 2.75) is 17.7 Å². The molecular formula is C18H17BrN2O2S. The Morgan fingerprint density at radius 2 is 1.67 bits per heavy atom. The molecule has 0 amide bonds. The Kier molecular flexibility index (Phi) is 3.98. The second kappa shape index (κ2) is 6.02. The van der Waals surface area contributed by atoms with Gasteiger partial charge >= 0.3 is 0 Å². The lowest BCUT2D eigenvalue weighted by Gasteiger charge is -2.20. The van der Waals surface area contributed by atoms with Gasteiger partial charge in [0.05, 0.1) is 4.90 Å². The molecule has 6 heteroatoms. The fourth-order valence-corrected chi connectivity index (χ4v) is 5.04. The molecule has 124 valence electrons. The SMILES string of the molecule is O=S(=O)(c1ccc(Br)cc1)N1CCc2[nH]c3ccccc3c2CC1. The molecule has 0 fully saturated rings. The maximum Gasteiger partial charge on any atom is 0.243 e. The average Bonchev–Trinajstić information content (AvgIpc) is 2.78. The lowest BCUT2D eigenvalue weighted by Crippen LogP contribution is -2.33. The summed E-state index contributed by atoms with van der Waals surface area (Å²) in [7, 11) is -3.45. The van der Waals surface area contributed by atoms with Gasteiger partial charge in [-0.2, -0.15) is 4.31 Å². The van der Waals surface area contributed by atoms with Gasteiger partial charge < -0.3 is 4.98 Å². The van der Waals surface area contributed by atoms with E-state index >= 15 is 0 Å². The predicted molar refractivity (Wildman–Crippen MR) is 98.6 cm³/mol. The monoisotopic (exact) mass is 404 g/mol. The van der Waals surface area contributed by atoms with E-state index in [2.05, 4.69) is 33.0 Å². The molecule has 0 saturated carbocycles. The number of H-pyrrole nitrogens is 1. The van der Waals surface area contributed by atoms with Gasteiger partial charge in [0.1, 0.15) is 0 Å². The molecule has 0 unspecified atom stereocenters. The van der Waals surface area contributed by atoms with Crippen molar-refractivity contribution in [3.05, 3.63) is 64.3 Å². The molecule has 1 aromatic heterocycles. The van der Waals surface area contributed by atoms with Crippen LogP contribution in [0.15, 0.2) is 57.9 Å². The summed E-state index contributed by atoms with van der Waals surface area (Å²) in [5, 5.41) is 1.20. The van der Waals surface area contributed by atoms with Crippen molar-refractivity contribution in [3.63, 3.8) is 0 Å². The highest BCUT2D eigenvalue weighted by Gasteiger charge is 2.27. The largest absolute Gasteiger partial charge is 0.358 e. The first-order valence-electron chi connectivity index (χ1n) is 7.90. The van der Waals surface area contributed by atoms with Gasteiger partial charge in [0.2, 0.25) is 10.0 Å². The molecule has 1 aliphatic rings. The van der Waals surface area contributed by atoms with Crippen molar-refractivity contribution in [3.8, 4) is 0 Å². The summed E-state index contributed by atoms with van der Waals surface area (Å²) >= 11 is 3.35. The van der Waals surface area contributed by atoms with Crippen LogP contribution in [0.25, 0.3) is 10.9 Å². The Hall–Kier alpha value is -1.63. The summed E-state index contributed by atoms with van der Waals surface area (Å²) < 4.78 is 28.2. The summed E-state index contributed by atoms with van der Waals surface area (Å²) in [5.41, 5.74) is 3.54. The van der Waals surface area contributed by atoms with Crippen molar-refractivity contribution < 1.29 is 8.42 Å². The summed E-state index contributed by atoms with van der Waals surface area (Å²) in [6.45, 7) is 1.01. The topological polar surface area (TPSA) is 53.2 Å². The first-order chi connectivity index (χ1) is 11.6. The Labute approximate surface area is 149 Å². The minimum Gasteiger partial charge on any atom is -0.358 e. The van der Waals surface area contributed by atoms with Gasteiger partial charge in [0, 0.05) is 40.6 Å². The van der Waals surface area contributed by atoms with Crippen LogP contribution in [0.3, 0.4) is 0 Å². The lowest BCUT2D eigenvalue weighted by molar-refractivity contribution is 0.426. The third-order valence-corrected chi connectivity index (χ3v) is 7.02. The van der Waals surface area contributed by atoms with Crippen LogP contribution in [-0.2, 0) is 22.9 Å². The number of aromatic nitrogens is 1. The number of sulfonamides is 1. The fraction of sp³-hybridized carbons (Fsp3) is 0.222. The summed E-state index contributed by atoms with van der Waals surface area (Å²) in [6.07, 6.45) is 1.44. The number of fused-ring (bicyclic) bond motifs is 3. The van der Waals surface area contributed by atoms with E-state index in [-0.39, 0.29) is 0 Å². The van der Waals surface area contributed by atoms with Crippen LogP contribution < -0.4 is 0 Å². The van der Waals surface area contributed by atoms with E-state index in [0.29, 0.717) is 24.4 Å². The van der Waals surface area contributed by atoms with Gasteiger partial charge in [0.15, 0.2) is 0 Å². The maximum atomic E-state index is 12.9. The summed E-state index contributed by atoms with van der Waals surface area (Å²) in [4.78, 5) is 3.80. The molecule has 0 saturated heterocycles. The minimum absolute atomic E-state index is 0.348. The average molecular weight is 405 g/mol. The van der Waals surface area contributed by atoms with E-state index in [1.54, 1.807) is 28.6 Å². The third-order valence-electron chi connectivity index (χ3n) is 4.58. The molecule has 0 bridgehead atoms. The molecule has 1 aliphatic heterocycles. The van der Waals surface area contributed by atoms with E-state index in [1.807, 2.05) is 12.1 Å². The number of aromatic amines is 1. The van der Waals surface area contributed by atoms with Crippen molar-refractivity contribution >= 4 is 36.9 Å². The third kappa shape index (κ3) is 2.68. The molecule has 4 nitrogen and oxygen atoms in total. The molecular weight excluding hydrogens is 388 g/mol. The molecule has 0 radical (unpaired) electrons. The van der Waals surface area contributed by atoms with Gasteiger partial charge in [-0.05, 0) is 42.3 Å². The van der Waals surface area contributed by atoms with E-state index < -0.39 is 10.0 Å². The number of hydrogen-bond donors (Lipinski definition) is 1. The highest BCUT2D eigenvalue weighted by molar-refractivity contribution is 9.10. The van der Waals surface area contributed by atoms with Crippen molar-refractivity contribution in [2.24, 2.45) is 0 Å². The summed E-state index contributed by atoms with van der Waals surface area (Å²) in [5.74, 6) is 0. The Morgan fingerprint density at radius 3 is 2.46 bits per heavy atom. The first kappa shape index (κ1) is 15.9. The maximum absolute atomic E-state index is 12.9. The van der Waals surface area contributed by atoms with Crippen molar-refractivity contribution in [2.75, 3.05) is 13.1 Å². The number of nitrogens with one attached hydrogen (secondary N) is 1. The van der Waals surface area contributed by atoms with E-state index in [9.17, 15) is 8.42 Å². The zero-order valence-electron chi connectivity index (χ0n) is 13.0. The van der Waals surface area contributed by atoms with Crippen LogP contribution in [0, 0.1) is 0 Å². The second-order valence-corrected chi connectivity index (χ2v) is 8.84. The molecule has 0 atom stereocenters. The highest BCUT2D eigenvalue weighted by Crippen LogP contribution is 2.28. The van der Waals surface area contributed by atoms with Gasteiger partial charge in [-0.1, -0.05) is 34.1 Å². The van der Waals surface area contributed by atoms with Crippen LogP contribution in [0.5, 0.6) is 0 Å². The first-order valence-corrected chi connectivity index (χ1v) is 10.1. The standard InChI is InChI=1S/C18H17BrN2O2S/c19-13-5-7-14(8-6-13)24(22,23)21-11-9-16-15-3-1-2-4-17(15)20-18(16)10-12-21/h1-8,20H,9-12H2. The molecule has 0 aliphatic carbocycles. The van der Waals surface area contributed by atoms with Gasteiger partial charge in [0.25, 0.3) is 0 Å². The zero-order chi connectivity index (χ0) is 16.7. The van der Waals surface area contributed by atoms with Crippen LogP contribution in [0.4, 0.5) is 0 Å². The predicted octanol–water partition coefficient (Wildman–Crippen LogP) is 3.72. The summed E-state index contributed by atoms with van der Waals surface area (Å²) in [6, 6.07) is 15.0. The number of para-hydroxylation sites is 1. The minimum atomic E-state index is -3.45. The van der Waals surface area contributed by atoms with E-state index in [4.69, 9.17) is 0 Å². The molecule has 24 heavy (non-hydrogen) atoms. The molecule has 3 aromatic rings. The zero-order valence-corrected chi connectivity index (χ0v) is 15.4. The Bertz CT molecular complexity index is 994. The Balaban J connectivity index is 1.64. The smallest absolute Gasteiger partial charge is 0.243 e. The number of rotatable bonds is 2. The second-order valence-electron chi connectivity index (χ2n) is 5.99. The van der Waals surface area contributed by atoms with E-state index in [0.717, 1.165) is 22.1 Å². The van der Waals surface area contributed by atoms with Crippen LogP contribution in [0.1, 0.15) is 11.3 Å². The molecule has 0 spiro atoms.